The van der Waals surface area contributed by atoms with E-state index in [0.717, 1.165) is 103 Å². The molecule has 0 aliphatic rings. The number of rotatable bonds is 51. The Labute approximate surface area is 427 Å². The first-order valence-corrected chi connectivity index (χ1v) is 29.3. The topological polar surface area (TPSA) is 155 Å². The Hall–Kier alpha value is -3.08. The standard InChI is InChI=1S/C58H101O11P/c1-4-7-10-13-16-19-21-23-25-27-29-31-33-36-38-41-44-47-56(60)65-51-55(69-58(62)49-46-43-40-37-34-32-30-28-26-24-22-20-17-14-11-8-5-2)53-67-70(63,64)66-52-54(50-59)68-57(61)48-45-42-39-35-18-15-12-9-6-3/h8,11,16-17,19-20,23-26,30,32,54-55,59H,4-7,9-10,12-15,18,21-22,27-29,31,33-53H2,1-3H3,(H,63,64)/b11-8-,19-16-,20-17-,25-23-,26-24-,32-30-. The maximum Gasteiger partial charge on any atom is 0.472 e. The van der Waals surface area contributed by atoms with Crippen molar-refractivity contribution in [2.45, 2.75) is 251 Å². The van der Waals surface area contributed by atoms with Crippen LogP contribution in [0.4, 0.5) is 0 Å². The van der Waals surface area contributed by atoms with Crippen LogP contribution in [0.3, 0.4) is 0 Å². The number of phosphoric ester groups is 1. The average molecular weight is 1010 g/mol. The second kappa shape index (κ2) is 52.2. The van der Waals surface area contributed by atoms with Crippen molar-refractivity contribution in [2.24, 2.45) is 0 Å². The van der Waals surface area contributed by atoms with E-state index in [2.05, 4.69) is 93.7 Å². The van der Waals surface area contributed by atoms with Crippen molar-refractivity contribution in [1.82, 2.24) is 0 Å². The van der Waals surface area contributed by atoms with Gasteiger partial charge in [0, 0.05) is 19.3 Å². The van der Waals surface area contributed by atoms with E-state index < -0.39 is 57.8 Å². The van der Waals surface area contributed by atoms with Crippen molar-refractivity contribution in [3.8, 4) is 0 Å². The summed E-state index contributed by atoms with van der Waals surface area (Å²) >= 11 is 0. The summed E-state index contributed by atoms with van der Waals surface area (Å²) in [4.78, 5) is 48.4. The minimum absolute atomic E-state index is 0.137. The maximum absolute atomic E-state index is 12.9. The highest BCUT2D eigenvalue weighted by atomic mass is 31.2. The van der Waals surface area contributed by atoms with Gasteiger partial charge < -0.3 is 24.2 Å². The molecule has 3 unspecified atom stereocenters. The molecule has 0 amide bonds. The van der Waals surface area contributed by atoms with Crippen LogP contribution in [-0.2, 0) is 42.2 Å². The van der Waals surface area contributed by atoms with E-state index in [9.17, 15) is 28.9 Å². The number of unbranched alkanes of at least 4 members (excludes halogenated alkanes) is 22. The zero-order valence-corrected chi connectivity index (χ0v) is 45.4. The molecule has 70 heavy (non-hydrogen) atoms. The molecule has 0 bridgehead atoms. The lowest BCUT2D eigenvalue weighted by Gasteiger charge is -2.21. The molecule has 0 radical (unpaired) electrons. The fourth-order valence-electron chi connectivity index (χ4n) is 7.38. The minimum atomic E-state index is -4.75. The smallest absolute Gasteiger partial charge is 0.462 e. The number of aliphatic hydroxyl groups excluding tert-OH is 1. The van der Waals surface area contributed by atoms with Gasteiger partial charge in [0.15, 0.2) is 6.10 Å². The zero-order valence-electron chi connectivity index (χ0n) is 44.5. The molecule has 0 heterocycles. The largest absolute Gasteiger partial charge is 0.472 e. The minimum Gasteiger partial charge on any atom is -0.462 e. The molecular formula is C58H101O11P. The Balaban J connectivity index is 4.78. The molecule has 0 aliphatic carbocycles. The molecule has 0 rings (SSSR count). The summed E-state index contributed by atoms with van der Waals surface area (Å²) in [6, 6.07) is 0. The number of ether oxygens (including phenoxy) is 3. The van der Waals surface area contributed by atoms with Gasteiger partial charge >= 0.3 is 25.7 Å². The fourth-order valence-corrected chi connectivity index (χ4v) is 8.16. The van der Waals surface area contributed by atoms with Gasteiger partial charge in [0.25, 0.3) is 0 Å². The van der Waals surface area contributed by atoms with Crippen molar-refractivity contribution in [1.29, 1.82) is 0 Å². The van der Waals surface area contributed by atoms with Gasteiger partial charge in [-0.25, -0.2) is 4.57 Å². The van der Waals surface area contributed by atoms with Gasteiger partial charge in [0.2, 0.25) is 0 Å². The van der Waals surface area contributed by atoms with Crippen LogP contribution in [0, 0.1) is 0 Å². The van der Waals surface area contributed by atoms with Crippen LogP contribution in [0.2, 0.25) is 0 Å². The number of carbonyl (C=O) groups is 3. The number of esters is 3. The quantitative estimate of drug-likeness (QED) is 0.0197. The second-order valence-electron chi connectivity index (χ2n) is 18.4. The highest BCUT2D eigenvalue weighted by Gasteiger charge is 2.28. The fraction of sp³-hybridized carbons (Fsp3) is 0.741. The van der Waals surface area contributed by atoms with E-state index in [1.807, 2.05) is 0 Å². The van der Waals surface area contributed by atoms with Crippen LogP contribution >= 0.6 is 7.82 Å². The number of aliphatic hydroxyl groups is 1. The Morgan fingerprint density at radius 1 is 0.414 bits per heavy atom. The average Bonchev–Trinajstić information content (AvgIpc) is 3.35. The maximum atomic E-state index is 12.9. The highest BCUT2D eigenvalue weighted by molar-refractivity contribution is 7.47. The van der Waals surface area contributed by atoms with Crippen LogP contribution in [0.5, 0.6) is 0 Å². The van der Waals surface area contributed by atoms with E-state index in [1.165, 1.54) is 77.0 Å². The summed E-state index contributed by atoms with van der Waals surface area (Å²) in [5.41, 5.74) is 0. The number of phosphoric acid groups is 1. The third-order valence-electron chi connectivity index (χ3n) is 11.6. The summed E-state index contributed by atoms with van der Waals surface area (Å²) in [5.74, 6) is -1.50. The van der Waals surface area contributed by atoms with Gasteiger partial charge in [-0.05, 0) is 89.9 Å². The highest BCUT2D eigenvalue weighted by Crippen LogP contribution is 2.43. The van der Waals surface area contributed by atoms with Crippen molar-refractivity contribution in [2.75, 3.05) is 26.4 Å². The summed E-state index contributed by atoms with van der Waals surface area (Å²) in [5, 5.41) is 9.76. The number of hydrogen-bond donors (Lipinski definition) is 2. The molecule has 0 saturated carbocycles. The number of allylic oxidation sites excluding steroid dienone is 12. The van der Waals surface area contributed by atoms with Crippen molar-refractivity contribution in [3.63, 3.8) is 0 Å². The Kier molecular flexibility index (Phi) is 50.0. The van der Waals surface area contributed by atoms with Crippen LogP contribution in [0.15, 0.2) is 72.9 Å². The van der Waals surface area contributed by atoms with Gasteiger partial charge in [-0.3, -0.25) is 23.4 Å². The molecule has 0 saturated heterocycles. The molecule has 0 aromatic heterocycles. The molecule has 3 atom stereocenters. The van der Waals surface area contributed by atoms with Crippen molar-refractivity contribution < 1.29 is 52.2 Å². The monoisotopic (exact) mass is 1000 g/mol. The lowest BCUT2D eigenvalue weighted by Crippen LogP contribution is -2.30. The van der Waals surface area contributed by atoms with Crippen molar-refractivity contribution in [3.05, 3.63) is 72.9 Å². The molecule has 0 aromatic rings. The van der Waals surface area contributed by atoms with Gasteiger partial charge in [-0.1, -0.05) is 203 Å². The molecule has 0 fully saturated rings. The van der Waals surface area contributed by atoms with E-state index in [1.54, 1.807) is 0 Å². The number of carbonyl (C=O) groups excluding carboxylic acids is 3. The van der Waals surface area contributed by atoms with Gasteiger partial charge in [0.1, 0.15) is 12.7 Å². The van der Waals surface area contributed by atoms with Gasteiger partial charge in [-0.15, -0.1) is 0 Å². The molecule has 0 aromatic carbocycles. The molecule has 0 spiro atoms. The first-order chi connectivity index (χ1) is 34.2. The molecular weight excluding hydrogens is 904 g/mol. The number of hydrogen-bond acceptors (Lipinski definition) is 10. The molecule has 12 heteroatoms. The Morgan fingerprint density at radius 2 is 0.743 bits per heavy atom. The van der Waals surface area contributed by atoms with E-state index >= 15 is 0 Å². The van der Waals surface area contributed by atoms with Gasteiger partial charge in [-0.2, -0.15) is 0 Å². The molecule has 11 nitrogen and oxygen atoms in total. The third kappa shape index (κ3) is 49.9. The van der Waals surface area contributed by atoms with Gasteiger partial charge in [0.05, 0.1) is 19.8 Å². The predicted octanol–water partition coefficient (Wildman–Crippen LogP) is 16.1. The first kappa shape index (κ1) is 66.9. The summed E-state index contributed by atoms with van der Waals surface area (Å²) in [6.07, 6.45) is 57.3. The lowest BCUT2D eigenvalue weighted by atomic mass is 10.1. The van der Waals surface area contributed by atoms with E-state index in [0.29, 0.717) is 19.3 Å². The molecule has 404 valence electrons. The second-order valence-corrected chi connectivity index (χ2v) is 19.8. The van der Waals surface area contributed by atoms with Crippen LogP contribution in [0.25, 0.3) is 0 Å². The first-order valence-electron chi connectivity index (χ1n) is 27.8. The van der Waals surface area contributed by atoms with E-state index in [-0.39, 0.29) is 25.9 Å². The zero-order chi connectivity index (χ0) is 51.3. The Morgan fingerprint density at radius 3 is 1.17 bits per heavy atom. The van der Waals surface area contributed by atoms with Crippen LogP contribution in [-0.4, -0.2) is 66.5 Å². The van der Waals surface area contributed by atoms with Crippen LogP contribution in [0.1, 0.15) is 239 Å². The van der Waals surface area contributed by atoms with Crippen molar-refractivity contribution >= 4 is 25.7 Å². The summed E-state index contributed by atoms with van der Waals surface area (Å²) < 4.78 is 39.4. The normalized spacial score (nSPS) is 14.0. The molecule has 2 N–H and O–H groups in total. The summed E-state index contributed by atoms with van der Waals surface area (Å²) in [6.45, 7) is 4.44. The molecule has 0 aliphatic heterocycles. The van der Waals surface area contributed by atoms with Crippen LogP contribution < -0.4 is 0 Å². The third-order valence-corrected chi connectivity index (χ3v) is 12.6. The Bertz CT molecular complexity index is 1450. The lowest BCUT2D eigenvalue weighted by molar-refractivity contribution is -0.161. The predicted molar refractivity (Wildman–Crippen MR) is 288 cm³/mol. The van der Waals surface area contributed by atoms with E-state index in [4.69, 9.17) is 23.3 Å². The SMILES string of the molecule is CC/C=C\C/C=C\C/C=C\C/C=C\CCCCCCC(=O)OC(COC(=O)CCCCCCCCC/C=C\C/C=C\CCCCC)COP(=O)(O)OCC(CO)OC(=O)CCCCCCCCCCC. The summed E-state index contributed by atoms with van der Waals surface area (Å²) in [7, 11) is -4.75.